The molecule has 0 aliphatic rings. The van der Waals surface area contributed by atoms with Gasteiger partial charge in [-0.05, 0) is 50.1 Å². The van der Waals surface area contributed by atoms with Crippen molar-refractivity contribution in [1.82, 2.24) is 9.97 Å². The van der Waals surface area contributed by atoms with Crippen molar-refractivity contribution in [3.63, 3.8) is 0 Å². The predicted octanol–water partition coefficient (Wildman–Crippen LogP) is 2.57. The van der Waals surface area contributed by atoms with Crippen LogP contribution in [-0.2, 0) is 6.42 Å². The Bertz CT molecular complexity index is 527. The smallest absolute Gasteiger partial charge is 0.133 e. The van der Waals surface area contributed by atoms with E-state index in [1.807, 2.05) is 38.1 Å². The molecule has 0 radical (unpaired) electrons. The average molecular weight is 227 g/mol. The van der Waals surface area contributed by atoms with Crippen molar-refractivity contribution in [2.75, 3.05) is 5.73 Å². The van der Waals surface area contributed by atoms with Gasteiger partial charge in [-0.25, -0.2) is 9.97 Å². The molecule has 0 atom stereocenters. The molecule has 3 nitrogen and oxygen atoms in total. The molecule has 0 fully saturated rings. The fourth-order valence-electron chi connectivity index (χ4n) is 1.97. The average Bonchev–Trinajstić information content (AvgIpc) is 2.21. The lowest BCUT2D eigenvalue weighted by atomic mass is 10.0. The SMILES string of the molecule is Cc1cc(C)nc(Cc2ccc(N)cc2C)n1. The summed E-state index contributed by atoms with van der Waals surface area (Å²) in [6.07, 6.45) is 0.759. The number of hydrogen-bond acceptors (Lipinski definition) is 3. The number of anilines is 1. The number of benzene rings is 1. The molecule has 0 saturated carbocycles. The maximum absolute atomic E-state index is 5.74. The van der Waals surface area contributed by atoms with E-state index in [1.165, 1.54) is 11.1 Å². The van der Waals surface area contributed by atoms with E-state index >= 15 is 0 Å². The van der Waals surface area contributed by atoms with Gasteiger partial charge in [0.15, 0.2) is 0 Å². The van der Waals surface area contributed by atoms with E-state index in [9.17, 15) is 0 Å². The Balaban J connectivity index is 2.31. The van der Waals surface area contributed by atoms with Crippen molar-refractivity contribution < 1.29 is 0 Å². The largest absolute Gasteiger partial charge is 0.399 e. The lowest BCUT2D eigenvalue weighted by Gasteiger charge is -2.07. The van der Waals surface area contributed by atoms with Gasteiger partial charge < -0.3 is 5.73 Å². The van der Waals surface area contributed by atoms with Crippen molar-refractivity contribution in [2.45, 2.75) is 27.2 Å². The Labute approximate surface area is 102 Å². The minimum Gasteiger partial charge on any atom is -0.399 e. The van der Waals surface area contributed by atoms with Crippen LogP contribution in [0.3, 0.4) is 0 Å². The Kier molecular flexibility index (Phi) is 3.09. The van der Waals surface area contributed by atoms with E-state index in [4.69, 9.17) is 5.73 Å². The second kappa shape index (κ2) is 4.53. The molecule has 0 aliphatic carbocycles. The molecule has 2 rings (SSSR count). The first-order valence-electron chi connectivity index (χ1n) is 5.71. The van der Waals surface area contributed by atoms with Crippen LogP contribution in [0.1, 0.15) is 28.3 Å². The number of hydrogen-bond donors (Lipinski definition) is 1. The van der Waals surface area contributed by atoms with Crippen molar-refractivity contribution in [2.24, 2.45) is 0 Å². The summed E-state index contributed by atoms with van der Waals surface area (Å²) in [7, 11) is 0. The first-order chi connectivity index (χ1) is 8.04. The molecule has 1 aromatic carbocycles. The van der Waals surface area contributed by atoms with E-state index in [0.717, 1.165) is 29.3 Å². The first kappa shape index (κ1) is 11.6. The van der Waals surface area contributed by atoms with E-state index < -0.39 is 0 Å². The van der Waals surface area contributed by atoms with Crippen LogP contribution in [0.5, 0.6) is 0 Å². The molecule has 0 unspecified atom stereocenters. The molecule has 0 aliphatic heterocycles. The second-order valence-corrected chi connectivity index (χ2v) is 4.43. The zero-order chi connectivity index (χ0) is 12.4. The Morgan fingerprint density at radius 3 is 2.24 bits per heavy atom. The summed E-state index contributed by atoms with van der Waals surface area (Å²) in [5, 5.41) is 0. The predicted molar refractivity (Wildman–Crippen MR) is 69.9 cm³/mol. The van der Waals surface area contributed by atoms with E-state index in [1.54, 1.807) is 0 Å². The highest BCUT2D eigenvalue weighted by atomic mass is 14.9. The molecule has 0 amide bonds. The molecular formula is C14H17N3. The highest BCUT2D eigenvalue weighted by Gasteiger charge is 2.04. The molecule has 3 heteroatoms. The lowest BCUT2D eigenvalue weighted by Crippen LogP contribution is -2.01. The van der Waals surface area contributed by atoms with E-state index in [-0.39, 0.29) is 0 Å². The molecule has 2 aromatic rings. The molecule has 17 heavy (non-hydrogen) atoms. The number of rotatable bonds is 2. The minimum atomic E-state index is 0.759. The Morgan fingerprint density at radius 2 is 1.65 bits per heavy atom. The molecule has 0 spiro atoms. The van der Waals surface area contributed by atoms with Crippen LogP contribution in [-0.4, -0.2) is 9.97 Å². The summed E-state index contributed by atoms with van der Waals surface area (Å²) in [5.74, 6) is 0.871. The van der Waals surface area contributed by atoms with Gasteiger partial charge in [-0.3, -0.25) is 0 Å². The van der Waals surface area contributed by atoms with Crippen molar-refractivity contribution in [3.8, 4) is 0 Å². The van der Waals surface area contributed by atoms with Crippen LogP contribution in [0.2, 0.25) is 0 Å². The molecular weight excluding hydrogens is 210 g/mol. The maximum atomic E-state index is 5.74. The van der Waals surface area contributed by atoms with Crippen molar-refractivity contribution in [1.29, 1.82) is 0 Å². The highest BCUT2D eigenvalue weighted by Crippen LogP contribution is 2.15. The fourth-order valence-corrected chi connectivity index (χ4v) is 1.97. The quantitative estimate of drug-likeness (QED) is 0.802. The third kappa shape index (κ3) is 2.81. The molecule has 1 aromatic heterocycles. The zero-order valence-corrected chi connectivity index (χ0v) is 10.5. The van der Waals surface area contributed by atoms with Crippen molar-refractivity contribution in [3.05, 3.63) is 52.6 Å². The highest BCUT2D eigenvalue weighted by molar-refractivity contribution is 5.44. The normalized spacial score (nSPS) is 10.5. The molecule has 1 heterocycles. The van der Waals surface area contributed by atoms with Gasteiger partial charge in [0.25, 0.3) is 0 Å². The van der Waals surface area contributed by atoms with E-state index in [2.05, 4.69) is 16.9 Å². The van der Waals surface area contributed by atoms with Crippen molar-refractivity contribution >= 4 is 5.69 Å². The van der Waals surface area contributed by atoms with E-state index in [0.29, 0.717) is 0 Å². The van der Waals surface area contributed by atoms with Crippen LogP contribution < -0.4 is 5.73 Å². The number of nitrogens with two attached hydrogens (primary N) is 1. The number of nitrogen functional groups attached to an aromatic ring is 1. The van der Waals surface area contributed by atoms with Crippen LogP contribution in [0.4, 0.5) is 5.69 Å². The summed E-state index contributed by atoms with van der Waals surface area (Å²) in [4.78, 5) is 8.90. The van der Waals surface area contributed by atoms with Crippen LogP contribution in [0.15, 0.2) is 24.3 Å². The molecule has 0 bridgehead atoms. The third-order valence-corrected chi connectivity index (χ3v) is 2.74. The van der Waals surface area contributed by atoms with Gasteiger partial charge >= 0.3 is 0 Å². The third-order valence-electron chi connectivity index (χ3n) is 2.74. The topological polar surface area (TPSA) is 51.8 Å². The van der Waals surface area contributed by atoms with Gasteiger partial charge in [-0.15, -0.1) is 0 Å². The number of aryl methyl sites for hydroxylation is 3. The van der Waals surface area contributed by atoms with Crippen LogP contribution >= 0.6 is 0 Å². The summed E-state index contributed by atoms with van der Waals surface area (Å²) in [6, 6.07) is 7.94. The molecule has 0 saturated heterocycles. The van der Waals surface area contributed by atoms with Gasteiger partial charge in [0.2, 0.25) is 0 Å². The lowest BCUT2D eigenvalue weighted by molar-refractivity contribution is 0.914. The van der Waals surface area contributed by atoms with Gasteiger partial charge in [-0.2, -0.15) is 0 Å². The Hall–Kier alpha value is -1.90. The van der Waals surface area contributed by atoms with Gasteiger partial charge in [0.05, 0.1) is 0 Å². The van der Waals surface area contributed by atoms with Gasteiger partial charge in [-0.1, -0.05) is 6.07 Å². The maximum Gasteiger partial charge on any atom is 0.133 e. The fraction of sp³-hybridized carbons (Fsp3) is 0.286. The molecule has 2 N–H and O–H groups in total. The van der Waals surface area contributed by atoms with Crippen LogP contribution in [0.25, 0.3) is 0 Å². The summed E-state index contributed by atoms with van der Waals surface area (Å²) in [6.45, 7) is 6.05. The standard InChI is InChI=1S/C14H17N3/c1-9-6-13(15)5-4-12(9)8-14-16-10(2)7-11(3)17-14/h4-7H,8,15H2,1-3H3. The first-order valence-corrected chi connectivity index (χ1v) is 5.71. The summed E-state index contributed by atoms with van der Waals surface area (Å²) < 4.78 is 0. The number of nitrogens with zero attached hydrogens (tertiary/aromatic N) is 2. The zero-order valence-electron chi connectivity index (χ0n) is 10.5. The van der Waals surface area contributed by atoms with Gasteiger partial charge in [0, 0.05) is 23.5 Å². The summed E-state index contributed by atoms with van der Waals surface area (Å²) in [5.41, 5.74) is 11.0. The van der Waals surface area contributed by atoms with Crippen LogP contribution in [0, 0.1) is 20.8 Å². The van der Waals surface area contributed by atoms with Gasteiger partial charge in [0.1, 0.15) is 5.82 Å². The Morgan fingerprint density at radius 1 is 1.00 bits per heavy atom. The monoisotopic (exact) mass is 227 g/mol. The molecule has 88 valence electrons. The minimum absolute atomic E-state index is 0.759. The second-order valence-electron chi connectivity index (χ2n) is 4.43. The number of aromatic nitrogens is 2. The summed E-state index contributed by atoms with van der Waals surface area (Å²) >= 11 is 0.